The second kappa shape index (κ2) is 11.2. The van der Waals surface area contributed by atoms with Crippen molar-refractivity contribution in [3.63, 3.8) is 0 Å². The lowest BCUT2D eigenvalue weighted by Crippen LogP contribution is -2.48. The Balaban J connectivity index is 1.15. The SMILES string of the molecule is CCOC(=O)C(c1ncn2c1C[C@@H](F)C2)n1cc2c(Cl)cc(-c3ccc(CN4CCC5(CC4)CC(O)C5)cc3)c(Cl)c2n1. The summed E-state index contributed by atoms with van der Waals surface area (Å²) in [5.74, 6) is -0.531. The smallest absolute Gasteiger partial charge is 0.337 e. The molecule has 1 aliphatic carbocycles. The minimum absolute atomic E-state index is 0.103. The topological polar surface area (TPSA) is 85.4 Å². The number of nitrogens with zero attached hydrogens (tertiary/aromatic N) is 5. The van der Waals surface area contributed by atoms with Gasteiger partial charge in [0.15, 0.2) is 6.04 Å². The van der Waals surface area contributed by atoms with Crippen molar-refractivity contribution in [2.45, 2.75) is 70.4 Å². The number of halogens is 3. The van der Waals surface area contributed by atoms with Crippen LogP contribution in [0.4, 0.5) is 4.39 Å². The molecule has 2 aromatic heterocycles. The van der Waals surface area contributed by atoms with Crippen LogP contribution in [0.5, 0.6) is 0 Å². The van der Waals surface area contributed by atoms with Crippen LogP contribution < -0.4 is 0 Å². The molecule has 2 atom stereocenters. The molecule has 0 bridgehead atoms. The predicted octanol–water partition coefficient (Wildman–Crippen LogP) is 5.99. The minimum atomic E-state index is -1.02. The number of likely N-dealkylation sites (tertiary alicyclic amines) is 1. The third-order valence-corrected chi connectivity index (χ3v) is 10.1. The van der Waals surface area contributed by atoms with Gasteiger partial charge in [0.05, 0.1) is 41.3 Å². The molecular formula is C32H34Cl2FN5O3. The van der Waals surface area contributed by atoms with Crippen molar-refractivity contribution >= 4 is 40.1 Å². The summed E-state index contributed by atoms with van der Waals surface area (Å²) < 4.78 is 22.8. The Morgan fingerprint density at radius 2 is 1.95 bits per heavy atom. The quantitative estimate of drug-likeness (QED) is 0.254. The molecule has 4 heterocycles. The highest BCUT2D eigenvalue weighted by molar-refractivity contribution is 6.42. The van der Waals surface area contributed by atoms with Gasteiger partial charge in [0.1, 0.15) is 11.7 Å². The van der Waals surface area contributed by atoms with Crippen molar-refractivity contribution in [1.82, 2.24) is 24.2 Å². The molecule has 0 radical (unpaired) electrons. The normalized spacial score (nSPS) is 20.8. The highest BCUT2D eigenvalue weighted by Crippen LogP contribution is 2.49. The molecule has 4 aromatic rings. The van der Waals surface area contributed by atoms with Crippen LogP contribution in [0.1, 0.15) is 55.6 Å². The number of carbonyl (C=O) groups excluding carboxylic acids is 1. The second-order valence-electron chi connectivity index (χ2n) is 12.3. The second-order valence-corrected chi connectivity index (χ2v) is 13.1. The number of fused-ring (bicyclic) bond motifs is 2. The Kier molecular flexibility index (Phi) is 7.48. The molecule has 226 valence electrons. The van der Waals surface area contributed by atoms with Gasteiger partial charge >= 0.3 is 5.97 Å². The van der Waals surface area contributed by atoms with Crippen LogP contribution >= 0.6 is 23.2 Å². The van der Waals surface area contributed by atoms with Crippen molar-refractivity contribution in [3.05, 3.63) is 69.9 Å². The van der Waals surface area contributed by atoms with Gasteiger partial charge in [0.25, 0.3) is 0 Å². The van der Waals surface area contributed by atoms with Gasteiger partial charge in [-0.3, -0.25) is 9.58 Å². The van der Waals surface area contributed by atoms with Gasteiger partial charge in [0, 0.05) is 35.8 Å². The summed E-state index contributed by atoms with van der Waals surface area (Å²) in [7, 11) is 0. The molecule has 1 saturated heterocycles. The third kappa shape index (κ3) is 5.24. The molecule has 7 rings (SSSR count). The Morgan fingerprint density at radius 3 is 2.65 bits per heavy atom. The zero-order valence-corrected chi connectivity index (χ0v) is 25.5. The van der Waals surface area contributed by atoms with Crippen LogP contribution in [0.15, 0.2) is 42.9 Å². The first-order valence-electron chi connectivity index (χ1n) is 14.9. The van der Waals surface area contributed by atoms with E-state index in [1.54, 1.807) is 24.0 Å². The van der Waals surface area contributed by atoms with Crippen molar-refractivity contribution in [2.24, 2.45) is 5.41 Å². The summed E-state index contributed by atoms with van der Waals surface area (Å²) in [5, 5.41) is 16.0. The van der Waals surface area contributed by atoms with Crippen LogP contribution in [0.25, 0.3) is 22.0 Å². The molecule has 3 aliphatic rings. The van der Waals surface area contributed by atoms with E-state index in [0.717, 1.165) is 56.4 Å². The summed E-state index contributed by atoms with van der Waals surface area (Å²) in [6.07, 6.45) is 6.50. The van der Waals surface area contributed by atoms with Gasteiger partial charge in [0.2, 0.25) is 0 Å². The first-order valence-corrected chi connectivity index (χ1v) is 15.7. The molecule has 1 N–H and O–H groups in total. The Labute approximate surface area is 259 Å². The van der Waals surface area contributed by atoms with Crippen molar-refractivity contribution < 1.29 is 19.0 Å². The van der Waals surface area contributed by atoms with Crippen LogP contribution in [0.2, 0.25) is 10.0 Å². The van der Waals surface area contributed by atoms with E-state index in [1.165, 1.54) is 10.2 Å². The van der Waals surface area contributed by atoms with Crippen LogP contribution in [0, 0.1) is 5.41 Å². The van der Waals surface area contributed by atoms with E-state index in [0.29, 0.717) is 37.8 Å². The number of alkyl halides is 1. The fraction of sp³-hybridized carbons (Fsp3) is 0.469. The first-order chi connectivity index (χ1) is 20.7. The van der Waals surface area contributed by atoms with Crippen molar-refractivity contribution in [3.8, 4) is 11.1 Å². The molecule has 1 unspecified atom stereocenters. The van der Waals surface area contributed by atoms with Gasteiger partial charge in [-0.05, 0) is 68.3 Å². The number of hydrogen-bond acceptors (Lipinski definition) is 6. The van der Waals surface area contributed by atoms with Gasteiger partial charge < -0.3 is 14.4 Å². The number of benzene rings is 2. The van der Waals surface area contributed by atoms with Crippen LogP contribution in [-0.4, -0.2) is 67.3 Å². The number of carbonyl (C=O) groups is 1. The Morgan fingerprint density at radius 1 is 1.21 bits per heavy atom. The predicted molar refractivity (Wildman–Crippen MR) is 163 cm³/mol. The lowest BCUT2D eigenvalue weighted by Gasteiger charge is -2.50. The first kappa shape index (κ1) is 28.8. The van der Waals surface area contributed by atoms with Gasteiger partial charge in [-0.2, -0.15) is 5.10 Å². The summed E-state index contributed by atoms with van der Waals surface area (Å²) in [4.78, 5) is 20.1. The van der Waals surface area contributed by atoms with E-state index in [-0.39, 0.29) is 25.7 Å². The molecule has 43 heavy (non-hydrogen) atoms. The number of aliphatic hydroxyl groups excluding tert-OH is 1. The monoisotopic (exact) mass is 625 g/mol. The van der Waals surface area contributed by atoms with E-state index >= 15 is 0 Å². The number of aromatic nitrogens is 4. The fourth-order valence-electron chi connectivity index (χ4n) is 7.13. The Bertz CT molecular complexity index is 1670. The lowest BCUT2D eigenvalue weighted by molar-refractivity contribution is -0.146. The molecule has 11 heteroatoms. The standard InChI is InChI=1S/C32H34Cl2FN5O3/c1-2-43-31(42)30(29-26-11-21(35)16-39(26)18-36-29)40-17-24-25(33)12-23(27(34)28(24)37-40)20-5-3-19(4-6-20)15-38-9-7-32(8-10-38)13-22(41)14-32/h3-6,12,17-18,21-22,30,41H,2,7-11,13-16H2,1H3/t21-,30?/m1/s1. The molecule has 0 amide bonds. The number of ether oxygens (including phenoxy) is 1. The summed E-state index contributed by atoms with van der Waals surface area (Å²) >= 11 is 13.7. The maximum Gasteiger partial charge on any atom is 0.337 e. The number of esters is 1. The number of hydrogen-bond donors (Lipinski definition) is 1. The summed E-state index contributed by atoms with van der Waals surface area (Å²) in [6, 6.07) is 9.16. The molecule has 1 spiro atoms. The zero-order chi connectivity index (χ0) is 29.9. The maximum atomic E-state index is 14.2. The summed E-state index contributed by atoms with van der Waals surface area (Å²) in [6.45, 7) is 5.12. The molecule has 1 saturated carbocycles. The summed E-state index contributed by atoms with van der Waals surface area (Å²) in [5.41, 5.74) is 4.80. The third-order valence-electron chi connectivity index (χ3n) is 9.45. The molecule has 8 nitrogen and oxygen atoms in total. The van der Waals surface area contributed by atoms with E-state index in [4.69, 9.17) is 33.0 Å². The maximum absolute atomic E-state index is 14.2. The molecule has 2 fully saturated rings. The van der Waals surface area contributed by atoms with Crippen molar-refractivity contribution in [2.75, 3.05) is 19.7 Å². The van der Waals surface area contributed by atoms with Crippen LogP contribution in [0.3, 0.4) is 0 Å². The van der Waals surface area contributed by atoms with Gasteiger partial charge in [-0.25, -0.2) is 14.2 Å². The minimum Gasteiger partial charge on any atom is -0.464 e. The number of piperidine rings is 1. The van der Waals surface area contributed by atoms with E-state index < -0.39 is 18.2 Å². The molecule has 2 aliphatic heterocycles. The van der Waals surface area contributed by atoms with Gasteiger partial charge in [-0.15, -0.1) is 0 Å². The van der Waals surface area contributed by atoms with E-state index in [2.05, 4.69) is 22.0 Å². The average Bonchev–Trinajstić information content (AvgIpc) is 3.68. The molecular weight excluding hydrogens is 592 g/mol. The number of imidazole rings is 1. The zero-order valence-electron chi connectivity index (χ0n) is 24.0. The highest BCUT2D eigenvalue weighted by atomic mass is 35.5. The average molecular weight is 627 g/mol. The fourth-order valence-corrected chi connectivity index (χ4v) is 7.68. The van der Waals surface area contributed by atoms with Crippen LogP contribution in [-0.2, 0) is 29.0 Å². The highest BCUT2D eigenvalue weighted by Gasteiger charge is 2.45. The van der Waals surface area contributed by atoms with Crippen molar-refractivity contribution in [1.29, 1.82) is 0 Å². The van der Waals surface area contributed by atoms with E-state index in [9.17, 15) is 14.3 Å². The van der Waals surface area contributed by atoms with Gasteiger partial charge in [-0.1, -0.05) is 47.5 Å². The van der Waals surface area contributed by atoms with E-state index in [1.807, 2.05) is 18.2 Å². The Hall–Kier alpha value is -2.98. The number of aliphatic hydroxyl groups is 1. The molecule has 2 aromatic carbocycles. The number of rotatable bonds is 7. The lowest BCUT2D eigenvalue weighted by atomic mass is 9.61. The largest absolute Gasteiger partial charge is 0.464 e.